The fourth-order valence-corrected chi connectivity index (χ4v) is 5.50. The lowest BCUT2D eigenvalue weighted by Crippen LogP contribution is -2.34. The fraction of sp³-hybridized carbons (Fsp3) is 0.500. The zero-order chi connectivity index (χ0) is 15.0. The molecule has 0 aliphatic carbocycles. The van der Waals surface area contributed by atoms with Gasteiger partial charge in [-0.15, -0.1) is 0 Å². The SMILES string of the molecule is Cc1ccc(N)cc1S(=O)(=O)NCC1CCCS1(=O)=O. The highest BCUT2D eigenvalue weighted by molar-refractivity contribution is 7.92. The topological polar surface area (TPSA) is 106 Å². The maximum atomic E-state index is 12.2. The molecule has 112 valence electrons. The van der Waals surface area contributed by atoms with Gasteiger partial charge < -0.3 is 5.73 Å². The zero-order valence-corrected chi connectivity index (χ0v) is 12.8. The quantitative estimate of drug-likeness (QED) is 0.783. The summed E-state index contributed by atoms with van der Waals surface area (Å²) >= 11 is 0. The van der Waals surface area contributed by atoms with Crippen LogP contribution in [0.5, 0.6) is 0 Å². The molecule has 1 heterocycles. The molecule has 0 saturated carbocycles. The summed E-state index contributed by atoms with van der Waals surface area (Å²) in [5.74, 6) is 0.136. The second-order valence-electron chi connectivity index (χ2n) is 5.01. The third-order valence-corrected chi connectivity index (χ3v) is 7.31. The highest BCUT2D eigenvalue weighted by Gasteiger charge is 2.32. The number of hydrogen-bond donors (Lipinski definition) is 2. The summed E-state index contributed by atoms with van der Waals surface area (Å²) in [5.41, 5.74) is 6.52. The summed E-state index contributed by atoms with van der Waals surface area (Å²) in [6, 6.07) is 4.62. The number of nitrogens with one attached hydrogen (secondary N) is 1. The number of hydrogen-bond acceptors (Lipinski definition) is 5. The summed E-state index contributed by atoms with van der Waals surface area (Å²) in [6.45, 7) is 1.58. The van der Waals surface area contributed by atoms with Crippen LogP contribution >= 0.6 is 0 Å². The fourth-order valence-electron chi connectivity index (χ4n) is 2.27. The monoisotopic (exact) mass is 318 g/mol. The molecule has 1 saturated heterocycles. The lowest BCUT2D eigenvalue weighted by molar-refractivity contribution is 0.570. The second kappa shape index (κ2) is 5.34. The molecule has 1 aliphatic rings. The first-order valence-corrected chi connectivity index (χ1v) is 9.49. The van der Waals surface area contributed by atoms with Crippen LogP contribution in [0.2, 0.25) is 0 Å². The summed E-state index contributed by atoms with van der Waals surface area (Å²) in [4.78, 5) is 0.0906. The number of anilines is 1. The molecule has 1 unspecified atom stereocenters. The van der Waals surface area contributed by atoms with Gasteiger partial charge in [-0.2, -0.15) is 0 Å². The Bertz CT molecular complexity index is 711. The maximum absolute atomic E-state index is 12.2. The van der Waals surface area contributed by atoms with Gasteiger partial charge in [-0.25, -0.2) is 21.6 Å². The Kier molecular flexibility index (Phi) is 4.08. The molecule has 0 bridgehead atoms. The molecule has 0 aromatic heterocycles. The molecule has 0 spiro atoms. The van der Waals surface area contributed by atoms with Crippen LogP contribution < -0.4 is 10.5 Å². The van der Waals surface area contributed by atoms with Crippen LogP contribution in [0, 0.1) is 6.92 Å². The van der Waals surface area contributed by atoms with Crippen molar-refractivity contribution in [1.29, 1.82) is 0 Å². The number of nitrogen functional groups attached to an aromatic ring is 1. The van der Waals surface area contributed by atoms with Crippen molar-refractivity contribution in [3.8, 4) is 0 Å². The van der Waals surface area contributed by atoms with Gasteiger partial charge >= 0.3 is 0 Å². The van der Waals surface area contributed by atoms with E-state index in [4.69, 9.17) is 5.73 Å². The smallest absolute Gasteiger partial charge is 0.240 e. The molecular weight excluding hydrogens is 300 g/mol. The number of aryl methyl sites for hydroxylation is 1. The number of sulfone groups is 1. The van der Waals surface area contributed by atoms with E-state index in [0.29, 0.717) is 24.1 Å². The van der Waals surface area contributed by atoms with E-state index in [1.54, 1.807) is 19.1 Å². The molecule has 1 aromatic carbocycles. The minimum absolute atomic E-state index is 0.0844. The Balaban J connectivity index is 2.18. The Hall–Kier alpha value is -1.12. The van der Waals surface area contributed by atoms with E-state index in [1.165, 1.54) is 6.07 Å². The second-order valence-corrected chi connectivity index (χ2v) is 9.14. The summed E-state index contributed by atoms with van der Waals surface area (Å²) in [6.07, 6.45) is 1.09. The van der Waals surface area contributed by atoms with Gasteiger partial charge in [0.15, 0.2) is 9.84 Å². The largest absolute Gasteiger partial charge is 0.399 e. The standard InChI is InChI=1S/C12H18N2O4S2/c1-9-4-5-10(13)7-12(9)20(17,18)14-8-11-3-2-6-19(11,15)16/h4-5,7,11,14H,2-3,6,8,13H2,1H3. The van der Waals surface area contributed by atoms with Crippen LogP contribution in [-0.4, -0.2) is 34.4 Å². The van der Waals surface area contributed by atoms with Crippen molar-refractivity contribution in [3.63, 3.8) is 0 Å². The van der Waals surface area contributed by atoms with Gasteiger partial charge in [-0.05, 0) is 37.5 Å². The van der Waals surface area contributed by atoms with E-state index < -0.39 is 25.1 Å². The average molecular weight is 318 g/mol. The first kappa shape index (κ1) is 15.3. The van der Waals surface area contributed by atoms with E-state index in [2.05, 4.69) is 4.72 Å². The molecule has 0 amide bonds. The minimum Gasteiger partial charge on any atom is -0.399 e. The summed E-state index contributed by atoms with van der Waals surface area (Å²) < 4.78 is 50.2. The van der Waals surface area contributed by atoms with E-state index >= 15 is 0 Å². The normalized spacial score (nSPS) is 21.9. The average Bonchev–Trinajstić information content (AvgIpc) is 2.69. The lowest BCUT2D eigenvalue weighted by Gasteiger charge is -2.13. The number of rotatable bonds is 4. The van der Waals surface area contributed by atoms with E-state index in [1.807, 2.05) is 0 Å². The number of nitrogens with two attached hydrogens (primary N) is 1. The van der Waals surface area contributed by atoms with Gasteiger partial charge in [0, 0.05) is 12.2 Å². The van der Waals surface area contributed by atoms with Gasteiger partial charge in [0.2, 0.25) is 10.0 Å². The van der Waals surface area contributed by atoms with Crippen molar-refractivity contribution < 1.29 is 16.8 Å². The third kappa shape index (κ3) is 3.13. The van der Waals surface area contributed by atoms with Gasteiger partial charge in [0.25, 0.3) is 0 Å². The molecule has 8 heteroatoms. The van der Waals surface area contributed by atoms with Crippen molar-refractivity contribution in [3.05, 3.63) is 23.8 Å². The molecule has 1 aromatic rings. The Morgan fingerprint density at radius 1 is 1.40 bits per heavy atom. The van der Waals surface area contributed by atoms with Gasteiger partial charge in [-0.1, -0.05) is 6.07 Å². The zero-order valence-electron chi connectivity index (χ0n) is 11.2. The van der Waals surface area contributed by atoms with E-state index in [0.717, 1.165) is 0 Å². The molecule has 6 nitrogen and oxygen atoms in total. The van der Waals surface area contributed by atoms with Gasteiger partial charge in [-0.3, -0.25) is 0 Å². The maximum Gasteiger partial charge on any atom is 0.240 e. The number of benzene rings is 1. The molecule has 1 fully saturated rings. The number of sulfonamides is 1. The van der Waals surface area contributed by atoms with Crippen LogP contribution in [0.3, 0.4) is 0 Å². The first-order valence-electron chi connectivity index (χ1n) is 6.30. The van der Waals surface area contributed by atoms with Gasteiger partial charge in [0.05, 0.1) is 15.9 Å². The van der Waals surface area contributed by atoms with Crippen LogP contribution in [0.25, 0.3) is 0 Å². The lowest BCUT2D eigenvalue weighted by atomic mass is 10.2. The van der Waals surface area contributed by atoms with Crippen LogP contribution in [0.1, 0.15) is 18.4 Å². The Morgan fingerprint density at radius 3 is 2.70 bits per heavy atom. The third-order valence-electron chi connectivity index (χ3n) is 3.47. The Morgan fingerprint density at radius 2 is 2.10 bits per heavy atom. The van der Waals surface area contributed by atoms with Crippen LogP contribution in [0.15, 0.2) is 23.1 Å². The van der Waals surface area contributed by atoms with Crippen molar-refractivity contribution in [1.82, 2.24) is 4.72 Å². The minimum atomic E-state index is -3.75. The molecule has 1 aliphatic heterocycles. The van der Waals surface area contributed by atoms with Crippen molar-refractivity contribution in [2.75, 3.05) is 18.0 Å². The van der Waals surface area contributed by atoms with Crippen LogP contribution in [-0.2, 0) is 19.9 Å². The Labute approximate surface area is 119 Å². The van der Waals surface area contributed by atoms with Crippen LogP contribution in [0.4, 0.5) is 5.69 Å². The molecular formula is C12H18N2O4S2. The van der Waals surface area contributed by atoms with Crippen molar-refractivity contribution in [2.45, 2.75) is 29.9 Å². The molecule has 2 rings (SSSR count). The van der Waals surface area contributed by atoms with Gasteiger partial charge in [0.1, 0.15) is 0 Å². The highest BCUT2D eigenvalue weighted by Crippen LogP contribution is 2.21. The predicted octanol–water partition coefficient (Wildman–Crippen LogP) is 0.433. The summed E-state index contributed by atoms with van der Waals surface area (Å²) in [5, 5.41) is -0.626. The van der Waals surface area contributed by atoms with E-state index in [-0.39, 0.29) is 17.2 Å². The van der Waals surface area contributed by atoms with Crippen molar-refractivity contribution >= 4 is 25.5 Å². The first-order chi connectivity index (χ1) is 9.22. The van der Waals surface area contributed by atoms with Crippen molar-refractivity contribution in [2.24, 2.45) is 0 Å². The van der Waals surface area contributed by atoms with E-state index in [9.17, 15) is 16.8 Å². The molecule has 20 heavy (non-hydrogen) atoms. The molecule has 3 N–H and O–H groups in total. The molecule has 1 atom stereocenters. The highest BCUT2D eigenvalue weighted by atomic mass is 32.2. The summed E-state index contributed by atoms with van der Waals surface area (Å²) in [7, 11) is -6.91. The predicted molar refractivity (Wildman–Crippen MR) is 77.6 cm³/mol. The molecule has 0 radical (unpaired) electrons.